The Morgan fingerprint density at radius 1 is 0.982 bits per heavy atom. The van der Waals surface area contributed by atoms with Gasteiger partial charge in [-0.25, -0.2) is 26.5 Å². The lowest BCUT2D eigenvalue weighted by atomic mass is 9.86. The lowest BCUT2D eigenvalue weighted by Crippen LogP contribution is -2.60. The molecule has 0 radical (unpaired) electrons. The molecule has 4 fully saturated rings. The summed E-state index contributed by atoms with van der Waals surface area (Å²) in [6.07, 6.45) is 2.71. The largest absolute Gasteiger partial charge is 0.497 e. The van der Waals surface area contributed by atoms with E-state index >= 15 is 0 Å². The van der Waals surface area contributed by atoms with Crippen molar-refractivity contribution in [2.75, 3.05) is 13.7 Å². The van der Waals surface area contributed by atoms with Crippen LogP contribution in [0.25, 0.3) is 22.2 Å². The summed E-state index contributed by atoms with van der Waals surface area (Å²) < 4.78 is 68.8. The molecule has 3 saturated carbocycles. The van der Waals surface area contributed by atoms with Gasteiger partial charge >= 0.3 is 0 Å². The Morgan fingerprint density at radius 2 is 1.65 bits per heavy atom. The summed E-state index contributed by atoms with van der Waals surface area (Å²) in [7, 11) is -6.20. The van der Waals surface area contributed by atoms with Crippen molar-refractivity contribution in [3.63, 3.8) is 0 Å². The van der Waals surface area contributed by atoms with Gasteiger partial charge in [0.15, 0.2) is 0 Å². The second-order valence-electron chi connectivity index (χ2n) is 16.1. The third kappa shape index (κ3) is 7.94. The van der Waals surface area contributed by atoms with Gasteiger partial charge in [0.25, 0.3) is 5.91 Å². The first-order valence-corrected chi connectivity index (χ1v) is 21.6. The van der Waals surface area contributed by atoms with E-state index in [0.717, 1.165) is 5.56 Å². The van der Waals surface area contributed by atoms with Crippen LogP contribution in [-0.4, -0.2) is 92.3 Å². The molecule has 2 heterocycles. The van der Waals surface area contributed by atoms with E-state index in [0.29, 0.717) is 53.8 Å². The van der Waals surface area contributed by atoms with Crippen molar-refractivity contribution in [3.05, 3.63) is 67.3 Å². The average Bonchev–Trinajstić information content (AvgIpc) is 4.02. The van der Waals surface area contributed by atoms with Crippen LogP contribution >= 0.6 is 0 Å². The van der Waals surface area contributed by atoms with Crippen molar-refractivity contribution in [2.45, 2.75) is 93.5 Å². The zero-order valence-corrected chi connectivity index (χ0v) is 32.9. The summed E-state index contributed by atoms with van der Waals surface area (Å²) in [5.74, 6) is -1.70. The fourth-order valence-corrected chi connectivity index (χ4v) is 10.2. The fourth-order valence-electron chi connectivity index (χ4n) is 7.13. The second kappa shape index (κ2) is 14.2. The number of methoxy groups -OCH3 is 1. The van der Waals surface area contributed by atoms with Gasteiger partial charge in [0.1, 0.15) is 35.2 Å². The van der Waals surface area contributed by atoms with Crippen molar-refractivity contribution in [1.29, 1.82) is 0 Å². The lowest BCUT2D eigenvalue weighted by Gasteiger charge is -2.35. The number of hydrogen-bond donors (Lipinski definition) is 3. The first-order chi connectivity index (χ1) is 26.0. The number of carbonyl (C=O) groups is 3. The van der Waals surface area contributed by atoms with Crippen LogP contribution in [-0.2, 0) is 34.4 Å². The number of sulfonamides is 2. The van der Waals surface area contributed by atoms with Crippen LogP contribution in [0.3, 0.4) is 0 Å². The van der Waals surface area contributed by atoms with Gasteiger partial charge < -0.3 is 19.7 Å². The molecule has 2 unspecified atom stereocenters. The standard InChI is InChI=1S/C39H47N5O9S2/c1-6-24-21-39(24,37(47)43-55(50,51)28-15-16-28)41-35(45)32-19-26(22-44(32)36(46)34(38(2,3)4)42-54(48,49)27-13-14-27)53-33-20-30(23-10-8-7-9-11-23)40-31-18-25(52-5)12-17-29(31)33/h6-12,17-18,20,24,26-28,32,34,42H,1,13-16,19,21-22H2,2-5H3,(H,41,45)(H,43,47)/t24-,26?,32?,34-,39-/m1/s1. The van der Waals surface area contributed by atoms with E-state index in [4.69, 9.17) is 14.5 Å². The molecule has 2 aromatic carbocycles. The highest BCUT2D eigenvalue weighted by atomic mass is 32.2. The molecule has 294 valence electrons. The molecular weight excluding hydrogens is 747 g/mol. The molecule has 1 aromatic heterocycles. The van der Waals surface area contributed by atoms with Crippen molar-refractivity contribution in [1.82, 2.24) is 24.6 Å². The van der Waals surface area contributed by atoms with Crippen molar-refractivity contribution >= 4 is 48.7 Å². The van der Waals surface area contributed by atoms with Crippen molar-refractivity contribution in [2.24, 2.45) is 11.3 Å². The maximum Gasteiger partial charge on any atom is 0.259 e. The molecule has 4 aliphatic rings. The Hall–Kier alpha value is -4.54. The number of benzene rings is 2. The van der Waals surface area contributed by atoms with Crippen molar-refractivity contribution in [3.8, 4) is 22.8 Å². The van der Waals surface area contributed by atoms with E-state index in [1.54, 1.807) is 46.1 Å². The number of fused-ring (bicyclic) bond motifs is 1. The highest BCUT2D eigenvalue weighted by Crippen LogP contribution is 2.46. The monoisotopic (exact) mass is 793 g/mol. The summed E-state index contributed by atoms with van der Waals surface area (Å²) in [4.78, 5) is 48.7. The minimum Gasteiger partial charge on any atom is -0.497 e. The van der Waals surface area contributed by atoms with Gasteiger partial charge in [-0.15, -0.1) is 6.58 Å². The smallest absolute Gasteiger partial charge is 0.259 e. The Morgan fingerprint density at radius 3 is 2.25 bits per heavy atom. The maximum atomic E-state index is 14.6. The van der Waals surface area contributed by atoms with Crippen LogP contribution in [0, 0.1) is 11.3 Å². The molecule has 3 N–H and O–H groups in total. The molecule has 3 aromatic rings. The number of pyridine rings is 1. The van der Waals surface area contributed by atoms with Gasteiger partial charge in [0, 0.05) is 35.4 Å². The van der Waals surface area contributed by atoms with Crippen LogP contribution in [0.15, 0.2) is 67.3 Å². The van der Waals surface area contributed by atoms with E-state index < -0.39 is 83.3 Å². The van der Waals surface area contributed by atoms with Crippen LogP contribution < -0.4 is 24.2 Å². The predicted octanol–water partition coefficient (Wildman–Crippen LogP) is 3.42. The first-order valence-electron chi connectivity index (χ1n) is 18.5. The number of nitrogens with one attached hydrogen (secondary N) is 3. The van der Waals surface area contributed by atoms with Crippen LogP contribution in [0.4, 0.5) is 0 Å². The van der Waals surface area contributed by atoms with E-state index in [-0.39, 0.29) is 19.4 Å². The molecule has 7 rings (SSSR count). The quantitative estimate of drug-likeness (QED) is 0.204. The molecule has 0 bridgehead atoms. The SMILES string of the molecule is C=C[C@@H]1C[C@]1(NC(=O)C1CC(Oc2cc(-c3ccccc3)nc3cc(OC)ccc23)CN1C(=O)[C@@H](NS(=O)(=O)C1CC1)C(C)(C)C)C(=O)NS(=O)(=O)C1CC1. The van der Waals surface area contributed by atoms with Crippen LogP contribution in [0.2, 0.25) is 0 Å². The zero-order valence-electron chi connectivity index (χ0n) is 31.3. The molecule has 3 amide bonds. The molecule has 5 atom stereocenters. The van der Waals surface area contributed by atoms with Gasteiger partial charge in [-0.2, -0.15) is 0 Å². The average molecular weight is 794 g/mol. The number of amides is 3. The highest BCUT2D eigenvalue weighted by molar-refractivity contribution is 7.91. The normalized spacial score (nSPS) is 24.5. The Balaban J connectivity index is 1.22. The zero-order chi connectivity index (χ0) is 39.5. The van der Waals surface area contributed by atoms with Crippen LogP contribution in [0.1, 0.15) is 59.3 Å². The number of carbonyl (C=O) groups excluding carboxylic acids is 3. The van der Waals surface area contributed by atoms with E-state index in [2.05, 4.69) is 21.3 Å². The van der Waals surface area contributed by atoms with E-state index in [9.17, 15) is 31.2 Å². The predicted molar refractivity (Wildman–Crippen MR) is 206 cm³/mol. The number of hydrogen-bond acceptors (Lipinski definition) is 10. The molecule has 16 heteroatoms. The second-order valence-corrected chi connectivity index (χ2v) is 20.0. The number of ether oxygens (including phenoxy) is 2. The summed E-state index contributed by atoms with van der Waals surface area (Å²) in [5.41, 5.74) is -0.432. The number of likely N-dealkylation sites (tertiary alicyclic amines) is 1. The topological polar surface area (TPSA) is 190 Å². The summed E-state index contributed by atoms with van der Waals surface area (Å²) in [6, 6.07) is 14.3. The number of rotatable bonds is 14. The summed E-state index contributed by atoms with van der Waals surface area (Å²) in [5, 5.41) is 2.20. The molecule has 1 aliphatic heterocycles. The van der Waals surface area contributed by atoms with Crippen molar-refractivity contribution < 1.29 is 40.7 Å². The Kier molecular flexibility index (Phi) is 9.99. The van der Waals surface area contributed by atoms with Gasteiger partial charge in [-0.3, -0.25) is 19.1 Å². The van der Waals surface area contributed by atoms with E-state index in [1.807, 2.05) is 36.4 Å². The third-order valence-electron chi connectivity index (χ3n) is 10.8. The summed E-state index contributed by atoms with van der Waals surface area (Å²) in [6.45, 7) is 8.91. The molecule has 55 heavy (non-hydrogen) atoms. The maximum absolute atomic E-state index is 14.6. The minimum atomic E-state index is -3.92. The molecular formula is C39H47N5O9S2. The minimum absolute atomic E-state index is 0.0126. The highest BCUT2D eigenvalue weighted by Gasteiger charge is 2.62. The lowest BCUT2D eigenvalue weighted by molar-refractivity contribution is -0.142. The Bertz CT molecular complexity index is 2250. The number of nitrogens with zero attached hydrogens (tertiary/aromatic N) is 2. The molecule has 1 saturated heterocycles. The van der Waals surface area contributed by atoms with Crippen LogP contribution in [0.5, 0.6) is 11.5 Å². The van der Waals surface area contributed by atoms with E-state index in [1.165, 1.54) is 11.0 Å². The first kappa shape index (κ1) is 38.7. The molecule has 14 nitrogen and oxygen atoms in total. The van der Waals surface area contributed by atoms with Gasteiger partial charge in [0.2, 0.25) is 31.9 Å². The molecule has 0 spiro atoms. The number of aromatic nitrogens is 1. The third-order valence-corrected chi connectivity index (χ3v) is 14.5. The van der Waals surface area contributed by atoms with Gasteiger partial charge in [0.05, 0.1) is 35.4 Å². The van der Waals surface area contributed by atoms with Gasteiger partial charge in [-0.05, 0) is 49.7 Å². The Labute approximate surface area is 321 Å². The van der Waals surface area contributed by atoms with Gasteiger partial charge in [-0.1, -0.05) is 57.2 Å². The summed E-state index contributed by atoms with van der Waals surface area (Å²) >= 11 is 0. The fraction of sp³-hybridized carbons (Fsp3) is 0.487. The molecule has 3 aliphatic carbocycles.